The molecule has 2 aromatic rings. The zero-order valence-corrected chi connectivity index (χ0v) is 15.6. The van der Waals surface area contributed by atoms with Crippen LogP contribution < -0.4 is 5.43 Å². The number of hydrazine groups is 1. The van der Waals surface area contributed by atoms with Crippen molar-refractivity contribution in [3.63, 3.8) is 0 Å². The van der Waals surface area contributed by atoms with Gasteiger partial charge in [0.1, 0.15) is 0 Å². The molecule has 0 bridgehead atoms. The van der Waals surface area contributed by atoms with E-state index in [0.717, 1.165) is 13.1 Å². The molecule has 0 aliphatic carbocycles. The fourth-order valence-electron chi connectivity index (χ4n) is 3.35. The minimum Gasteiger partial charge on any atom is -0.304 e. The minimum atomic E-state index is -3.85. The van der Waals surface area contributed by atoms with Gasteiger partial charge in [-0.05, 0) is 37.4 Å². The first-order valence-electron chi connectivity index (χ1n) is 8.65. The van der Waals surface area contributed by atoms with Gasteiger partial charge in [-0.2, -0.15) is 0 Å². The van der Waals surface area contributed by atoms with Crippen LogP contribution in [0.25, 0.3) is 0 Å². The van der Waals surface area contributed by atoms with E-state index < -0.39 is 9.84 Å². The highest BCUT2D eigenvalue weighted by Crippen LogP contribution is 2.34. The second kappa shape index (κ2) is 6.56. The van der Waals surface area contributed by atoms with Crippen LogP contribution >= 0.6 is 0 Å². The van der Waals surface area contributed by atoms with Gasteiger partial charge in [0.05, 0.1) is 9.79 Å². The topological polar surface area (TPSA) is 86.8 Å². The number of hydrogen-bond donors (Lipinski definition) is 1. The Morgan fingerprint density at radius 3 is 2.37 bits per heavy atom. The van der Waals surface area contributed by atoms with Crippen molar-refractivity contribution in [1.29, 1.82) is 0 Å². The highest BCUT2D eigenvalue weighted by atomic mass is 32.2. The number of rotatable bonds is 2. The Morgan fingerprint density at radius 1 is 0.963 bits per heavy atom. The number of nitrogens with zero attached hydrogens (tertiary/aromatic N) is 2. The van der Waals surface area contributed by atoms with Gasteiger partial charge in [0, 0.05) is 42.9 Å². The molecule has 0 atom stereocenters. The van der Waals surface area contributed by atoms with Gasteiger partial charge in [-0.15, -0.1) is 0 Å². The first-order valence-corrected chi connectivity index (χ1v) is 10.1. The van der Waals surface area contributed by atoms with Gasteiger partial charge in [0.25, 0.3) is 5.91 Å². The number of sulfone groups is 1. The number of fused-ring (bicyclic) bond motifs is 2. The van der Waals surface area contributed by atoms with Crippen molar-refractivity contribution in [2.24, 2.45) is 0 Å². The van der Waals surface area contributed by atoms with Gasteiger partial charge in [-0.1, -0.05) is 12.1 Å². The number of carbonyl (C=O) groups is 2. The Balaban J connectivity index is 1.66. The van der Waals surface area contributed by atoms with E-state index in [1.165, 1.54) is 30.3 Å². The Kier molecular flexibility index (Phi) is 4.33. The minimum absolute atomic E-state index is 0.0147. The predicted molar refractivity (Wildman–Crippen MR) is 98.3 cm³/mol. The smallest absolute Gasteiger partial charge is 0.265 e. The van der Waals surface area contributed by atoms with Crippen LogP contribution in [0.5, 0.6) is 0 Å². The van der Waals surface area contributed by atoms with E-state index in [1.54, 1.807) is 12.1 Å². The molecule has 2 heterocycles. The number of nitrogens with one attached hydrogen (secondary N) is 1. The van der Waals surface area contributed by atoms with Gasteiger partial charge in [0.15, 0.2) is 5.78 Å². The van der Waals surface area contributed by atoms with Crippen molar-refractivity contribution >= 4 is 21.5 Å². The molecule has 2 aromatic carbocycles. The average molecular weight is 385 g/mol. The van der Waals surface area contributed by atoms with E-state index in [0.29, 0.717) is 13.1 Å². The summed E-state index contributed by atoms with van der Waals surface area (Å²) in [6.07, 6.45) is 0. The summed E-state index contributed by atoms with van der Waals surface area (Å²) in [5.41, 5.74) is 3.29. The third-order valence-electron chi connectivity index (χ3n) is 4.96. The van der Waals surface area contributed by atoms with Gasteiger partial charge < -0.3 is 4.90 Å². The quantitative estimate of drug-likeness (QED) is 0.707. The Labute approximate surface area is 157 Å². The zero-order valence-electron chi connectivity index (χ0n) is 14.8. The molecule has 8 heteroatoms. The Hall–Kier alpha value is -2.55. The van der Waals surface area contributed by atoms with Crippen LogP contribution in [0.3, 0.4) is 0 Å². The summed E-state index contributed by atoms with van der Waals surface area (Å²) in [5.74, 6) is -0.731. The van der Waals surface area contributed by atoms with Crippen molar-refractivity contribution in [3.05, 3.63) is 59.2 Å². The van der Waals surface area contributed by atoms with Crippen molar-refractivity contribution in [2.45, 2.75) is 9.79 Å². The number of amides is 1. The van der Waals surface area contributed by atoms with Crippen LogP contribution in [0.1, 0.15) is 26.3 Å². The second-order valence-electron chi connectivity index (χ2n) is 6.77. The molecule has 27 heavy (non-hydrogen) atoms. The van der Waals surface area contributed by atoms with E-state index in [9.17, 15) is 18.0 Å². The molecule has 1 N–H and O–H groups in total. The summed E-state index contributed by atoms with van der Waals surface area (Å²) in [6, 6.07) is 10.3. The molecule has 7 nitrogen and oxygen atoms in total. The third kappa shape index (κ3) is 3.05. The Bertz CT molecular complexity index is 1040. The largest absolute Gasteiger partial charge is 0.304 e. The molecule has 1 fully saturated rings. The molecule has 0 aromatic heterocycles. The summed E-state index contributed by atoms with van der Waals surface area (Å²) in [4.78, 5) is 27.3. The van der Waals surface area contributed by atoms with Crippen molar-refractivity contribution in [2.75, 3.05) is 33.2 Å². The molecule has 0 saturated carbocycles. The molecule has 140 valence electrons. The number of likely N-dealkylation sites (N-methyl/N-ethyl adjacent to an activating group) is 1. The number of benzene rings is 2. The number of ketones is 1. The SMILES string of the molecule is CN1CCN(NC(=O)c2ccc3c(c2)S(=O)(=O)c2ccccc2C3=O)CC1. The van der Waals surface area contributed by atoms with Crippen LogP contribution in [-0.4, -0.2) is 63.2 Å². The Morgan fingerprint density at radius 2 is 1.63 bits per heavy atom. The van der Waals surface area contributed by atoms with Gasteiger partial charge in [0.2, 0.25) is 9.84 Å². The predicted octanol–water partition coefficient (Wildman–Crippen LogP) is 0.956. The summed E-state index contributed by atoms with van der Waals surface area (Å²) in [7, 11) is -1.84. The van der Waals surface area contributed by atoms with Crippen LogP contribution in [0.4, 0.5) is 0 Å². The number of carbonyl (C=O) groups excluding carboxylic acids is 2. The van der Waals surface area contributed by atoms with Crippen LogP contribution in [-0.2, 0) is 9.84 Å². The van der Waals surface area contributed by atoms with E-state index in [1.807, 2.05) is 12.1 Å². The first kappa shape index (κ1) is 17.8. The molecule has 2 aliphatic heterocycles. The van der Waals surface area contributed by atoms with E-state index in [2.05, 4.69) is 10.3 Å². The standard InChI is InChI=1S/C19H19N3O4S/c1-21-8-10-22(11-9-21)20-19(24)13-6-7-15-17(12-13)27(25,26)16-5-3-2-4-14(16)18(15)23/h2-7,12H,8-11H2,1H3,(H,20,24). The lowest BCUT2D eigenvalue weighted by Gasteiger charge is -2.32. The molecule has 1 amide bonds. The summed E-state index contributed by atoms with van der Waals surface area (Å²) in [5, 5.41) is 1.82. The van der Waals surface area contributed by atoms with E-state index in [4.69, 9.17) is 0 Å². The second-order valence-corrected chi connectivity index (χ2v) is 8.66. The number of piperazine rings is 1. The summed E-state index contributed by atoms with van der Waals surface area (Å²) in [6.45, 7) is 3.06. The van der Waals surface area contributed by atoms with Crippen molar-refractivity contribution < 1.29 is 18.0 Å². The highest BCUT2D eigenvalue weighted by molar-refractivity contribution is 7.91. The molecule has 2 aliphatic rings. The van der Waals surface area contributed by atoms with E-state index >= 15 is 0 Å². The summed E-state index contributed by atoms with van der Waals surface area (Å²) >= 11 is 0. The first-order chi connectivity index (χ1) is 12.9. The molecule has 0 unspecified atom stereocenters. The van der Waals surface area contributed by atoms with Crippen LogP contribution in [0.15, 0.2) is 52.3 Å². The monoisotopic (exact) mass is 385 g/mol. The lowest BCUT2D eigenvalue weighted by Crippen LogP contribution is -2.52. The zero-order chi connectivity index (χ0) is 19.2. The van der Waals surface area contributed by atoms with Crippen LogP contribution in [0.2, 0.25) is 0 Å². The molecular formula is C19H19N3O4S. The van der Waals surface area contributed by atoms with Gasteiger partial charge in [-0.3, -0.25) is 15.0 Å². The van der Waals surface area contributed by atoms with Crippen LogP contribution in [0, 0.1) is 0 Å². The number of hydrogen-bond acceptors (Lipinski definition) is 6. The molecule has 0 spiro atoms. The molecule has 0 radical (unpaired) electrons. The van der Waals surface area contributed by atoms with Gasteiger partial charge >= 0.3 is 0 Å². The highest BCUT2D eigenvalue weighted by Gasteiger charge is 2.35. The van der Waals surface area contributed by atoms with Crippen molar-refractivity contribution in [3.8, 4) is 0 Å². The fourth-order valence-corrected chi connectivity index (χ4v) is 5.03. The maximum atomic E-state index is 12.9. The lowest BCUT2D eigenvalue weighted by molar-refractivity contribution is 0.0662. The lowest BCUT2D eigenvalue weighted by atomic mass is 10.0. The average Bonchev–Trinajstić information content (AvgIpc) is 2.68. The van der Waals surface area contributed by atoms with Gasteiger partial charge in [-0.25, -0.2) is 13.4 Å². The third-order valence-corrected chi connectivity index (χ3v) is 6.81. The summed E-state index contributed by atoms with van der Waals surface area (Å²) < 4.78 is 25.9. The molecule has 1 saturated heterocycles. The van der Waals surface area contributed by atoms with E-state index in [-0.39, 0.29) is 38.2 Å². The normalized spacial score (nSPS) is 19.2. The molecular weight excluding hydrogens is 366 g/mol. The molecule has 4 rings (SSSR count). The van der Waals surface area contributed by atoms with Crippen molar-refractivity contribution in [1.82, 2.24) is 15.3 Å². The maximum absolute atomic E-state index is 12.9. The fraction of sp³-hybridized carbons (Fsp3) is 0.263. The maximum Gasteiger partial charge on any atom is 0.265 e.